The van der Waals surface area contributed by atoms with E-state index < -0.39 is 0 Å². The van der Waals surface area contributed by atoms with Crippen molar-refractivity contribution in [2.75, 3.05) is 66.5 Å². The SMILES string of the molecule is CN=C(NCCCN1CCCN(C)CC1)N1CCC(c2cnn(C)c2)C1.I. The molecule has 1 N–H and O–H groups in total. The number of likely N-dealkylation sites (tertiary alicyclic amines) is 1. The maximum Gasteiger partial charge on any atom is 0.193 e. The molecule has 0 spiro atoms. The van der Waals surface area contributed by atoms with Gasteiger partial charge in [0.2, 0.25) is 0 Å². The third kappa shape index (κ3) is 6.60. The lowest BCUT2D eigenvalue weighted by Gasteiger charge is -2.23. The van der Waals surface area contributed by atoms with Gasteiger partial charge in [-0.1, -0.05) is 0 Å². The highest BCUT2D eigenvalue weighted by Gasteiger charge is 2.26. The minimum absolute atomic E-state index is 0. The summed E-state index contributed by atoms with van der Waals surface area (Å²) >= 11 is 0. The largest absolute Gasteiger partial charge is 0.356 e. The second-order valence-electron chi connectivity index (χ2n) is 7.70. The minimum atomic E-state index is 0. The summed E-state index contributed by atoms with van der Waals surface area (Å²) in [5.41, 5.74) is 1.34. The molecule has 27 heavy (non-hydrogen) atoms. The molecule has 0 saturated carbocycles. The summed E-state index contributed by atoms with van der Waals surface area (Å²) in [6, 6.07) is 0. The number of aliphatic imine (C=N–C) groups is 1. The summed E-state index contributed by atoms with van der Waals surface area (Å²) in [5, 5.41) is 7.88. The smallest absolute Gasteiger partial charge is 0.193 e. The fraction of sp³-hybridized carbons (Fsp3) is 0.789. The van der Waals surface area contributed by atoms with Crippen LogP contribution in [0, 0.1) is 0 Å². The normalized spacial score (nSPS) is 22.6. The molecule has 1 unspecified atom stereocenters. The summed E-state index contributed by atoms with van der Waals surface area (Å²) < 4.78 is 1.89. The van der Waals surface area contributed by atoms with Gasteiger partial charge in [-0.2, -0.15) is 5.10 Å². The fourth-order valence-electron chi connectivity index (χ4n) is 4.03. The van der Waals surface area contributed by atoms with Gasteiger partial charge in [-0.05, 0) is 51.5 Å². The molecule has 8 heteroatoms. The molecule has 154 valence electrons. The lowest BCUT2D eigenvalue weighted by molar-refractivity contribution is 0.273. The van der Waals surface area contributed by atoms with Crippen molar-refractivity contribution >= 4 is 29.9 Å². The van der Waals surface area contributed by atoms with E-state index in [0.717, 1.165) is 25.6 Å². The highest BCUT2D eigenvalue weighted by atomic mass is 127. The summed E-state index contributed by atoms with van der Waals surface area (Å²) in [6.07, 6.45) is 7.78. The first kappa shape index (κ1) is 22.4. The third-order valence-corrected chi connectivity index (χ3v) is 5.64. The molecule has 0 aromatic carbocycles. The van der Waals surface area contributed by atoms with Crippen LogP contribution < -0.4 is 5.32 Å². The Balaban J connectivity index is 0.00000261. The van der Waals surface area contributed by atoms with Gasteiger partial charge in [-0.15, -0.1) is 24.0 Å². The molecule has 1 aromatic rings. The topological polar surface area (TPSA) is 51.9 Å². The number of hydrogen-bond acceptors (Lipinski definition) is 4. The second kappa shape index (κ2) is 11.2. The van der Waals surface area contributed by atoms with Crippen LogP contribution in [0.4, 0.5) is 0 Å². The van der Waals surface area contributed by atoms with Crippen molar-refractivity contribution in [1.82, 2.24) is 29.8 Å². The lowest BCUT2D eigenvalue weighted by atomic mass is 10.0. The van der Waals surface area contributed by atoms with E-state index in [1.54, 1.807) is 0 Å². The molecular weight excluding hydrogens is 453 g/mol. The Morgan fingerprint density at radius 3 is 2.81 bits per heavy atom. The second-order valence-corrected chi connectivity index (χ2v) is 7.70. The predicted octanol–water partition coefficient (Wildman–Crippen LogP) is 1.43. The Morgan fingerprint density at radius 1 is 1.22 bits per heavy atom. The van der Waals surface area contributed by atoms with Gasteiger partial charge >= 0.3 is 0 Å². The van der Waals surface area contributed by atoms with Crippen LogP contribution in [-0.4, -0.2) is 96.9 Å². The Morgan fingerprint density at radius 2 is 2.07 bits per heavy atom. The molecule has 3 rings (SSSR count). The van der Waals surface area contributed by atoms with Crippen LogP contribution in [0.25, 0.3) is 0 Å². The van der Waals surface area contributed by atoms with Crippen molar-refractivity contribution in [2.45, 2.75) is 25.2 Å². The maximum atomic E-state index is 4.50. The summed E-state index contributed by atoms with van der Waals surface area (Å²) in [4.78, 5) is 11.9. The van der Waals surface area contributed by atoms with E-state index in [9.17, 15) is 0 Å². The predicted molar refractivity (Wildman–Crippen MR) is 122 cm³/mol. The van der Waals surface area contributed by atoms with Crippen LogP contribution >= 0.6 is 24.0 Å². The molecule has 0 aliphatic carbocycles. The number of aryl methyl sites for hydroxylation is 1. The molecule has 2 aliphatic rings. The van der Waals surface area contributed by atoms with Crippen LogP contribution in [0.2, 0.25) is 0 Å². The number of halogens is 1. The number of rotatable bonds is 5. The van der Waals surface area contributed by atoms with E-state index in [1.807, 2.05) is 25.0 Å². The van der Waals surface area contributed by atoms with Crippen molar-refractivity contribution in [3.63, 3.8) is 0 Å². The average molecular weight is 489 g/mol. The summed E-state index contributed by atoms with van der Waals surface area (Å²) in [7, 11) is 6.10. The van der Waals surface area contributed by atoms with Gasteiger partial charge in [0.25, 0.3) is 0 Å². The van der Waals surface area contributed by atoms with Crippen molar-refractivity contribution in [3.8, 4) is 0 Å². The number of likely N-dealkylation sites (N-methyl/N-ethyl adjacent to an activating group) is 1. The molecule has 2 saturated heterocycles. The molecular formula is C19H36IN7. The van der Waals surface area contributed by atoms with Gasteiger partial charge in [0.05, 0.1) is 6.20 Å². The van der Waals surface area contributed by atoms with Gasteiger partial charge in [0, 0.05) is 58.9 Å². The van der Waals surface area contributed by atoms with Crippen LogP contribution in [0.15, 0.2) is 17.4 Å². The lowest BCUT2D eigenvalue weighted by Crippen LogP contribution is -2.41. The molecule has 1 atom stereocenters. The van der Waals surface area contributed by atoms with E-state index in [2.05, 4.69) is 43.4 Å². The molecule has 1 aromatic heterocycles. The first-order valence-electron chi connectivity index (χ1n) is 10.0. The van der Waals surface area contributed by atoms with Gasteiger partial charge in [0.15, 0.2) is 5.96 Å². The monoisotopic (exact) mass is 489 g/mol. The van der Waals surface area contributed by atoms with Gasteiger partial charge in [-0.3, -0.25) is 9.67 Å². The highest BCUT2D eigenvalue weighted by molar-refractivity contribution is 14.0. The highest BCUT2D eigenvalue weighted by Crippen LogP contribution is 2.26. The number of hydrogen-bond donors (Lipinski definition) is 1. The van der Waals surface area contributed by atoms with E-state index in [-0.39, 0.29) is 24.0 Å². The minimum Gasteiger partial charge on any atom is -0.356 e. The van der Waals surface area contributed by atoms with Crippen molar-refractivity contribution in [1.29, 1.82) is 0 Å². The van der Waals surface area contributed by atoms with E-state index in [0.29, 0.717) is 5.92 Å². The third-order valence-electron chi connectivity index (χ3n) is 5.64. The number of nitrogens with one attached hydrogen (secondary N) is 1. The Hall–Kier alpha value is -0.870. The van der Waals surface area contributed by atoms with Crippen molar-refractivity contribution in [2.24, 2.45) is 12.0 Å². The maximum absolute atomic E-state index is 4.50. The van der Waals surface area contributed by atoms with Gasteiger partial charge in [0.1, 0.15) is 0 Å². The molecule has 2 fully saturated rings. The van der Waals surface area contributed by atoms with Crippen LogP contribution in [0.5, 0.6) is 0 Å². The first-order valence-corrected chi connectivity index (χ1v) is 10.0. The van der Waals surface area contributed by atoms with E-state index >= 15 is 0 Å². The molecule has 7 nitrogen and oxygen atoms in total. The first-order chi connectivity index (χ1) is 12.7. The molecule has 3 heterocycles. The molecule has 0 amide bonds. The van der Waals surface area contributed by atoms with Crippen molar-refractivity contribution in [3.05, 3.63) is 18.0 Å². The standard InChI is InChI=1S/C19H35N7.HI/c1-20-19(21-7-4-9-25-10-5-8-23(2)12-13-25)26-11-6-17(16-26)18-14-22-24(3)15-18;/h14-15,17H,4-13,16H2,1-3H3,(H,20,21);1H. The summed E-state index contributed by atoms with van der Waals surface area (Å²) in [6.45, 7) is 9.12. The number of nitrogens with zero attached hydrogens (tertiary/aromatic N) is 6. The Labute approximate surface area is 181 Å². The van der Waals surface area contributed by atoms with Crippen LogP contribution in [0.1, 0.15) is 30.7 Å². The van der Waals surface area contributed by atoms with Gasteiger partial charge in [-0.25, -0.2) is 0 Å². The molecule has 2 aliphatic heterocycles. The number of guanidine groups is 1. The zero-order valence-electron chi connectivity index (χ0n) is 17.1. The molecule has 0 radical (unpaired) electrons. The zero-order chi connectivity index (χ0) is 18.4. The van der Waals surface area contributed by atoms with E-state index in [1.165, 1.54) is 57.5 Å². The van der Waals surface area contributed by atoms with Crippen LogP contribution in [-0.2, 0) is 7.05 Å². The van der Waals surface area contributed by atoms with Gasteiger partial charge < -0.3 is 20.0 Å². The van der Waals surface area contributed by atoms with E-state index in [4.69, 9.17) is 0 Å². The Kier molecular flexibility index (Phi) is 9.31. The average Bonchev–Trinajstić information content (AvgIpc) is 3.23. The molecule has 0 bridgehead atoms. The fourth-order valence-corrected chi connectivity index (χ4v) is 4.03. The quantitative estimate of drug-likeness (QED) is 0.294. The zero-order valence-corrected chi connectivity index (χ0v) is 19.4. The van der Waals surface area contributed by atoms with Crippen LogP contribution in [0.3, 0.4) is 0 Å². The van der Waals surface area contributed by atoms with Crippen molar-refractivity contribution < 1.29 is 0 Å². The number of aromatic nitrogens is 2. The summed E-state index contributed by atoms with van der Waals surface area (Å²) in [5.74, 6) is 1.61. The Bertz CT molecular complexity index is 588.